The number of nitrogen functional groups attached to an aromatic ring is 1. The molecule has 0 bridgehead atoms. The largest absolute Gasteiger partial charge is 0.495 e. The number of hydrogen-bond acceptors (Lipinski definition) is 4. The number of aromatic nitrogens is 1. The van der Waals surface area contributed by atoms with Gasteiger partial charge in [-0.3, -0.25) is 9.59 Å². The number of carbonyl (C=O) groups excluding carboxylic acids is 1. The van der Waals surface area contributed by atoms with E-state index < -0.39 is 0 Å². The third-order valence-electron chi connectivity index (χ3n) is 3.07. The van der Waals surface area contributed by atoms with Gasteiger partial charge in [0.25, 0.3) is 5.56 Å². The summed E-state index contributed by atoms with van der Waals surface area (Å²) in [5, 5.41) is 2.71. The maximum atomic E-state index is 12.0. The number of para-hydroxylation sites is 2. The molecule has 0 fully saturated rings. The van der Waals surface area contributed by atoms with Crippen LogP contribution >= 0.6 is 0 Å². The molecular weight excluding hydrogens is 270 g/mol. The first-order valence-corrected chi connectivity index (χ1v) is 6.40. The molecule has 6 heteroatoms. The number of hydrogen-bond donors (Lipinski definition) is 2. The average Bonchev–Trinajstić information content (AvgIpc) is 2.45. The first-order chi connectivity index (χ1) is 10.0. The highest BCUT2D eigenvalue weighted by Gasteiger charge is 2.09. The maximum absolute atomic E-state index is 12.0. The zero-order valence-electron chi connectivity index (χ0n) is 11.9. The lowest BCUT2D eigenvalue weighted by Crippen LogP contribution is -2.27. The van der Waals surface area contributed by atoms with Crippen molar-refractivity contribution in [1.82, 2.24) is 4.57 Å². The average molecular weight is 287 g/mol. The number of nitrogens with zero attached hydrogens (tertiary/aromatic N) is 1. The van der Waals surface area contributed by atoms with E-state index in [1.54, 1.807) is 31.2 Å². The van der Waals surface area contributed by atoms with Crippen LogP contribution in [0.25, 0.3) is 0 Å². The Morgan fingerprint density at radius 2 is 2.10 bits per heavy atom. The predicted molar refractivity (Wildman–Crippen MR) is 81.5 cm³/mol. The highest BCUT2D eigenvalue weighted by Crippen LogP contribution is 2.22. The fourth-order valence-electron chi connectivity index (χ4n) is 1.90. The van der Waals surface area contributed by atoms with Crippen LogP contribution in [0, 0.1) is 6.92 Å². The molecule has 0 saturated heterocycles. The molecule has 21 heavy (non-hydrogen) atoms. The van der Waals surface area contributed by atoms with Gasteiger partial charge in [0.15, 0.2) is 0 Å². The number of nitrogens with one attached hydrogen (secondary N) is 1. The van der Waals surface area contributed by atoms with Crippen LogP contribution in [-0.4, -0.2) is 17.6 Å². The maximum Gasteiger partial charge on any atom is 0.251 e. The SMILES string of the molecule is COc1ccccc1NC(=O)Cn1cc(N)c(C)cc1=O. The Morgan fingerprint density at radius 3 is 2.81 bits per heavy atom. The number of amides is 1. The summed E-state index contributed by atoms with van der Waals surface area (Å²) in [6.07, 6.45) is 1.47. The fourth-order valence-corrected chi connectivity index (χ4v) is 1.90. The molecule has 2 aromatic rings. The number of carbonyl (C=O) groups is 1. The minimum absolute atomic E-state index is 0.110. The van der Waals surface area contributed by atoms with Gasteiger partial charge in [-0.25, -0.2) is 0 Å². The monoisotopic (exact) mass is 287 g/mol. The van der Waals surface area contributed by atoms with Crippen molar-refractivity contribution in [3.8, 4) is 5.75 Å². The van der Waals surface area contributed by atoms with E-state index >= 15 is 0 Å². The molecule has 0 saturated carbocycles. The van der Waals surface area contributed by atoms with Gasteiger partial charge in [-0.15, -0.1) is 0 Å². The molecule has 0 aliphatic carbocycles. The highest BCUT2D eigenvalue weighted by atomic mass is 16.5. The molecule has 3 N–H and O–H groups in total. The molecule has 1 aromatic heterocycles. The number of anilines is 2. The van der Waals surface area contributed by atoms with Gasteiger partial charge in [0.2, 0.25) is 5.91 Å². The first kappa shape index (κ1) is 14.6. The normalized spacial score (nSPS) is 10.2. The number of ether oxygens (including phenoxy) is 1. The molecule has 1 aromatic carbocycles. The lowest BCUT2D eigenvalue weighted by molar-refractivity contribution is -0.116. The zero-order chi connectivity index (χ0) is 15.4. The number of pyridine rings is 1. The Morgan fingerprint density at radius 1 is 1.38 bits per heavy atom. The molecule has 0 aliphatic rings. The standard InChI is InChI=1S/C15H17N3O3/c1-10-7-15(20)18(8-11(10)16)9-14(19)17-12-5-3-4-6-13(12)21-2/h3-8H,9,16H2,1-2H3,(H,17,19). The summed E-state index contributed by atoms with van der Waals surface area (Å²) in [4.78, 5) is 23.8. The van der Waals surface area contributed by atoms with E-state index in [4.69, 9.17) is 10.5 Å². The lowest BCUT2D eigenvalue weighted by atomic mass is 10.2. The summed E-state index contributed by atoms with van der Waals surface area (Å²) in [6.45, 7) is 1.64. The smallest absolute Gasteiger partial charge is 0.251 e. The Bertz CT molecular complexity index is 722. The van der Waals surface area contributed by atoms with Crippen LogP contribution in [0.4, 0.5) is 11.4 Å². The third-order valence-corrected chi connectivity index (χ3v) is 3.07. The Kier molecular flexibility index (Phi) is 4.27. The van der Waals surface area contributed by atoms with E-state index in [9.17, 15) is 9.59 Å². The number of methoxy groups -OCH3 is 1. The van der Waals surface area contributed by atoms with Crippen molar-refractivity contribution < 1.29 is 9.53 Å². The van der Waals surface area contributed by atoms with Gasteiger partial charge in [0.1, 0.15) is 12.3 Å². The quantitative estimate of drug-likeness (QED) is 0.889. The molecule has 0 unspecified atom stereocenters. The van der Waals surface area contributed by atoms with E-state index in [1.807, 2.05) is 0 Å². The minimum atomic E-state index is -0.329. The van der Waals surface area contributed by atoms with Crippen molar-refractivity contribution in [3.63, 3.8) is 0 Å². The van der Waals surface area contributed by atoms with Gasteiger partial charge in [-0.05, 0) is 24.6 Å². The van der Waals surface area contributed by atoms with E-state index in [-0.39, 0.29) is 18.0 Å². The second-order valence-electron chi connectivity index (χ2n) is 4.63. The number of nitrogens with two attached hydrogens (primary N) is 1. The summed E-state index contributed by atoms with van der Waals surface area (Å²) >= 11 is 0. The van der Waals surface area contributed by atoms with Crippen molar-refractivity contribution >= 4 is 17.3 Å². The molecule has 1 heterocycles. The number of rotatable bonds is 4. The molecule has 0 atom stereocenters. The first-order valence-electron chi connectivity index (χ1n) is 6.40. The summed E-state index contributed by atoms with van der Waals surface area (Å²) in [5.74, 6) is 0.228. The summed E-state index contributed by atoms with van der Waals surface area (Å²) < 4.78 is 6.42. The van der Waals surface area contributed by atoms with E-state index in [1.165, 1.54) is 23.9 Å². The van der Waals surface area contributed by atoms with Gasteiger partial charge in [0.05, 0.1) is 18.5 Å². The second kappa shape index (κ2) is 6.13. The van der Waals surface area contributed by atoms with E-state index in [0.717, 1.165) is 0 Å². The van der Waals surface area contributed by atoms with Crippen LogP contribution in [0.2, 0.25) is 0 Å². The van der Waals surface area contributed by atoms with Gasteiger partial charge in [0, 0.05) is 12.3 Å². The van der Waals surface area contributed by atoms with Crippen LogP contribution in [0.15, 0.2) is 41.3 Å². The van der Waals surface area contributed by atoms with E-state index in [2.05, 4.69) is 5.32 Å². The summed E-state index contributed by atoms with van der Waals surface area (Å²) in [7, 11) is 1.52. The van der Waals surface area contributed by atoms with Crippen LogP contribution in [0.5, 0.6) is 5.75 Å². The molecule has 0 radical (unpaired) electrons. The molecule has 2 rings (SSSR count). The van der Waals surface area contributed by atoms with Crippen LogP contribution in [-0.2, 0) is 11.3 Å². The van der Waals surface area contributed by atoms with Crippen molar-refractivity contribution in [1.29, 1.82) is 0 Å². The fraction of sp³-hybridized carbons (Fsp3) is 0.200. The van der Waals surface area contributed by atoms with Crippen LogP contribution in [0.3, 0.4) is 0 Å². The molecule has 110 valence electrons. The lowest BCUT2D eigenvalue weighted by Gasteiger charge is -2.11. The van der Waals surface area contributed by atoms with Crippen molar-refractivity contribution in [3.05, 3.63) is 52.4 Å². The van der Waals surface area contributed by atoms with Gasteiger partial charge in [-0.1, -0.05) is 12.1 Å². The highest BCUT2D eigenvalue weighted by molar-refractivity contribution is 5.92. The van der Waals surface area contributed by atoms with Crippen LogP contribution < -0.4 is 21.3 Å². The topological polar surface area (TPSA) is 86.3 Å². The molecule has 0 spiro atoms. The Balaban J connectivity index is 2.16. The second-order valence-corrected chi connectivity index (χ2v) is 4.63. The van der Waals surface area contributed by atoms with Gasteiger partial charge in [-0.2, -0.15) is 0 Å². The number of aryl methyl sites for hydroxylation is 1. The van der Waals surface area contributed by atoms with Crippen molar-refractivity contribution in [2.24, 2.45) is 0 Å². The van der Waals surface area contributed by atoms with Crippen LogP contribution in [0.1, 0.15) is 5.56 Å². The summed E-state index contributed by atoms with van der Waals surface area (Å²) in [6, 6.07) is 8.47. The Hall–Kier alpha value is -2.76. The predicted octanol–water partition coefficient (Wildman–Crippen LogP) is 1.39. The zero-order valence-corrected chi connectivity index (χ0v) is 11.9. The van der Waals surface area contributed by atoms with E-state index in [0.29, 0.717) is 22.7 Å². The summed E-state index contributed by atoms with van der Waals surface area (Å²) in [5.41, 5.74) is 7.21. The molecule has 0 aliphatic heterocycles. The van der Waals surface area contributed by atoms with Crippen molar-refractivity contribution in [2.75, 3.05) is 18.2 Å². The van der Waals surface area contributed by atoms with Gasteiger partial charge >= 0.3 is 0 Å². The minimum Gasteiger partial charge on any atom is -0.495 e. The Labute approximate surface area is 122 Å². The third kappa shape index (κ3) is 3.42. The molecule has 1 amide bonds. The van der Waals surface area contributed by atoms with Gasteiger partial charge < -0.3 is 20.4 Å². The molecular formula is C15H17N3O3. The molecule has 6 nitrogen and oxygen atoms in total. The van der Waals surface area contributed by atoms with Crippen molar-refractivity contribution in [2.45, 2.75) is 13.5 Å². The number of benzene rings is 1.